The Balaban J connectivity index is 1.67. The molecule has 2 bridgehead atoms. The zero-order valence-electron chi connectivity index (χ0n) is 11.0. The fourth-order valence-electron chi connectivity index (χ4n) is 3.92. The standard InChI is InChI=1S/C16H21NO/c1-12(18)17-15-7-8-16(17)11-14(10-15)9-13-5-3-2-4-6-13/h2-6,14-16H,7-11H2,1H3/t14?,15-,16?/m1/s1. The van der Waals surface area contributed by atoms with Gasteiger partial charge in [0.05, 0.1) is 0 Å². The van der Waals surface area contributed by atoms with Gasteiger partial charge in [0.1, 0.15) is 0 Å². The Morgan fingerprint density at radius 2 is 1.78 bits per heavy atom. The van der Waals surface area contributed by atoms with Crippen molar-refractivity contribution in [3.63, 3.8) is 0 Å². The third-order valence-electron chi connectivity index (χ3n) is 4.56. The van der Waals surface area contributed by atoms with Crippen LogP contribution < -0.4 is 0 Å². The van der Waals surface area contributed by atoms with Gasteiger partial charge in [-0.1, -0.05) is 30.3 Å². The van der Waals surface area contributed by atoms with Gasteiger partial charge in [-0.05, 0) is 43.6 Å². The minimum absolute atomic E-state index is 0.278. The van der Waals surface area contributed by atoms with Crippen molar-refractivity contribution in [3.8, 4) is 0 Å². The van der Waals surface area contributed by atoms with Gasteiger partial charge in [0.15, 0.2) is 0 Å². The molecule has 0 spiro atoms. The van der Waals surface area contributed by atoms with Crippen LogP contribution in [0.1, 0.15) is 38.2 Å². The molecule has 3 atom stereocenters. The van der Waals surface area contributed by atoms with Crippen LogP contribution in [0.4, 0.5) is 0 Å². The summed E-state index contributed by atoms with van der Waals surface area (Å²) in [7, 11) is 0. The first-order chi connectivity index (χ1) is 8.74. The normalized spacial score (nSPS) is 30.5. The maximum atomic E-state index is 11.7. The smallest absolute Gasteiger partial charge is 0.219 e. The van der Waals surface area contributed by atoms with Crippen LogP contribution >= 0.6 is 0 Å². The number of nitrogens with zero attached hydrogens (tertiary/aromatic N) is 1. The number of carbonyl (C=O) groups excluding carboxylic acids is 1. The highest BCUT2D eigenvalue weighted by molar-refractivity contribution is 5.74. The number of amides is 1. The highest BCUT2D eigenvalue weighted by Gasteiger charge is 2.41. The largest absolute Gasteiger partial charge is 0.337 e. The van der Waals surface area contributed by atoms with Gasteiger partial charge < -0.3 is 4.90 Å². The van der Waals surface area contributed by atoms with Crippen molar-refractivity contribution < 1.29 is 4.79 Å². The lowest BCUT2D eigenvalue weighted by atomic mass is 9.86. The van der Waals surface area contributed by atoms with Gasteiger partial charge in [-0.3, -0.25) is 4.79 Å². The molecule has 2 nitrogen and oxygen atoms in total. The zero-order valence-corrected chi connectivity index (χ0v) is 11.0. The molecule has 0 aliphatic carbocycles. The highest BCUT2D eigenvalue weighted by Crippen LogP contribution is 2.39. The van der Waals surface area contributed by atoms with Crippen LogP contribution in [0.2, 0.25) is 0 Å². The average Bonchev–Trinajstić information content (AvgIpc) is 2.63. The molecular formula is C16H21NO. The van der Waals surface area contributed by atoms with E-state index >= 15 is 0 Å². The maximum Gasteiger partial charge on any atom is 0.219 e. The number of rotatable bonds is 2. The molecule has 18 heavy (non-hydrogen) atoms. The summed E-state index contributed by atoms with van der Waals surface area (Å²) in [6.45, 7) is 1.73. The summed E-state index contributed by atoms with van der Waals surface area (Å²) in [5.41, 5.74) is 1.44. The van der Waals surface area contributed by atoms with Gasteiger partial charge in [-0.2, -0.15) is 0 Å². The molecule has 0 aromatic heterocycles. The summed E-state index contributed by atoms with van der Waals surface area (Å²) in [5, 5.41) is 0. The summed E-state index contributed by atoms with van der Waals surface area (Å²) in [4.78, 5) is 13.8. The summed E-state index contributed by atoms with van der Waals surface area (Å²) in [6.07, 6.45) is 6.01. The summed E-state index contributed by atoms with van der Waals surface area (Å²) >= 11 is 0. The fourth-order valence-corrected chi connectivity index (χ4v) is 3.92. The second-order valence-electron chi connectivity index (χ2n) is 5.84. The van der Waals surface area contributed by atoms with Crippen LogP contribution in [-0.4, -0.2) is 22.9 Å². The lowest BCUT2D eigenvalue weighted by molar-refractivity contribution is -0.133. The molecule has 2 heterocycles. The Kier molecular flexibility index (Phi) is 3.11. The maximum absolute atomic E-state index is 11.7. The third-order valence-corrected chi connectivity index (χ3v) is 4.56. The quantitative estimate of drug-likeness (QED) is 0.782. The molecular weight excluding hydrogens is 222 g/mol. The lowest BCUT2D eigenvalue weighted by Crippen LogP contribution is -2.45. The Morgan fingerprint density at radius 1 is 1.17 bits per heavy atom. The molecule has 0 N–H and O–H groups in total. The predicted molar refractivity (Wildman–Crippen MR) is 72.2 cm³/mol. The van der Waals surface area contributed by atoms with E-state index in [1.165, 1.54) is 37.7 Å². The van der Waals surface area contributed by atoms with E-state index in [9.17, 15) is 4.79 Å². The van der Waals surface area contributed by atoms with Crippen LogP contribution in [0, 0.1) is 5.92 Å². The van der Waals surface area contributed by atoms with Gasteiger partial charge in [-0.15, -0.1) is 0 Å². The molecule has 2 aliphatic heterocycles. The lowest BCUT2D eigenvalue weighted by Gasteiger charge is -2.38. The number of fused-ring (bicyclic) bond motifs is 2. The molecule has 0 radical (unpaired) electrons. The van der Waals surface area contributed by atoms with Gasteiger partial charge in [0.25, 0.3) is 0 Å². The van der Waals surface area contributed by atoms with E-state index < -0.39 is 0 Å². The van der Waals surface area contributed by atoms with Crippen molar-refractivity contribution in [2.75, 3.05) is 0 Å². The summed E-state index contributed by atoms with van der Waals surface area (Å²) in [6, 6.07) is 11.8. The van der Waals surface area contributed by atoms with E-state index in [0.717, 1.165) is 5.92 Å². The van der Waals surface area contributed by atoms with Crippen LogP contribution in [0.3, 0.4) is 0 Å². The van der Waals surface area contributed by atoms with E-state index in [2.05, 4.69) is 35.2 Å². The first kappa shape index (κ1) is 11.8. The number of carbonyl (C=O) groups is 1. The molecule has 96 valence electrons. The minimum Gasteiger partial charge on any atom is -0.337 e. The predicted octanol–water partition coefficient (Wildman–Crippen LogP) is 3.02. The first-order valence-corrected chi connectivity index (χ1v) is 7.07. The Bertz CT molecular complexity index is 414. The second-order valence-corrected chi connectivity index (χ2v) is 5.84. The van der Waals surface area contributed by atoms with Crippen molar-refractivity contribution >= 4 is 5.91 Å². The fraction of sp³-hybridized carbons (Fsp3) is 0.562. The summed E-state index contributed by atoms with van der Waals surface area (Å²) < 4.78 is 0. The highest BCUT2D eigenvalue weighted by atomic mass is 16.2. The average molecular weight is 243 g/mol. The van der Waals surface area contributed by atoms with E-state index in [1.807, 2.05) is 0 Å². The Morgan fingerprint density at radius 3 is 2.33 bits per heavy atom. The SMILES string of the molecule is CC(=O)N1C2CC[C@@H]1CC(Cc1ccccc1)C2. The molecule has 1 amide bonds. The molecule has 1 aromatic rings. The first-order valence-electron chi connectivity index (χ1n) is 7.07. The minimum atomic E-state index is 0.278. The van der Waals surface area contributed by atoms with Crippen molar-refractivity contribution in [1.82, 2.24) is 4.90 Å². The van der Waals surface area contributed by atoms with Crippen molar-refractivity contribution in [3.05, 3.63) is 35.9 Å². The zero-order chi connectivity index (χ0) is 12.5. The van der Waals surface area contributed by atoms with Crippen LogP contribution in [0.5, 0.6) is 0 Å². The summed E-state index contributed by atoms with van der Waals surface area (Å²) in [5.74, 6) is 1.04. The monoisotopic (exact) mass is 243 g/mol. The molecule has 2 heteroatoms. The molecule has 0 saturated carbocycles. The molecule has 3 rings (SSSR count). The van der Waals surface area contributed by atoms with Crippen LogP contribution in [0.15, 0.2) is 30.3 Å². The molecule has 2 aliphatic rings. The van der Waals surface area contributed by atoms with Gasteiger partial charge in [-0.25, -0.2) is 0 Å². The molecule has 2 unspecified atom stereocenters. The topological polar surface area (TPSA) is 20.3 Å². The van der Waals surface area contributed by atoms with Gasteiger partial charge in [0, 0.05) is 19.0 Å². The number of hydrogen-bond donors (Lipinski definition) is 0. The third kappa shape index (κ3) is 2.16. The molecule has 2 fully saturated rings. The van der Waals surface area contributed by atoms with Crippen molar-refractivity contribution in [2.24, 2.45) is 5.92 Å². The van der Waals surface area contributed by atoms with Crippen LogP contribution in [-0.2, 0) is 11.2 Å². The molecule has 1 aromatic carbocycles. The van der Waals surface area contributed by atoms with Gasteiger partial charge in [0.2, 0.25) is 5.91 Å². The molecule has 2 saturated heterocycles. The van der Waals surface area contributed by atoms with Gasteiger partial charge >= 0.3 is 0 Å². The van der Waals surface area contributed by atoms with Crippen molar-refractivity contribution in [2.45, 2.75) is 51.1 Å². The van der Waals surface area contributed by atoms with E-state index in [-0.39, 0.29) is 5.91 Å². The number of benzene rings is 1. The van der Waals surface area contributed by atoms with Crippen molar-refractivity contribution in [1.29, 1.82) is 0 Å². The Labute approximate surface area is 109 Å². The van der Waals surface area contributed by atoms with Crippen LogP contribution in [0.25, 0.3) is 0 Å². The van der Waals surface area contributed by atoms with E-state index in [4.69, 9.17) is 0 Å². The van der Waals surface area contributed by atoms with E-state index in [1.54, 1.807) is 6.92 Å². The number of piperidine rings is 1. The Hall–Kier alpha value is -1.31. The number of hydrogen-bond acceptors (Lipinski definition) is 1. The van der Waals surface area contributed by atoms with E-state index in [0.29, 0.717) is 12.1 Å². The second kappa shape index (κ2) is 4.75.